The van der Waals surface area contributed by atoms with Crippen molar-refractivity contribution in [3.05, 3.63) is 137 Å². The smallest absolute Gasteiger partial charge is 0.128 e. The second kappa shape index (κ2) is 11.3. The Morgan fingerprint density at radius 3 is 1.89 bits per heavy atom. The zero-order valence-corrected chi connectivity index (χ0v) is 22.1. The summed E-state index contributed by atoms with van der Waals surface area (Å²) in [4.78, 5) is 0. The fourth-order valence-electron chi connectivity index (χ4n) is 4.69. The number of aromatic hydroxyl groups is 1. The minimum Gasteiger partial charge on any atom is -0.508 e. The summed E-state index contributed by atoms with van der Waals surface area (Å²) in [7, 11) is 0. The molecule has 3 nitrogen and oxygen atoms in total. The molecular weight excluding hydrogens is 468 g/mol. The maximum Gasteiger partial charge on any atom is 0.128 e. The number of phenols is 1. The van der Waals surface area contributed by atoms with E-state index in [9.17, 15) is 5.11 Å². The third-order valence-electron chi connectivity index (χ3n) is 6.69. The first-order chi connectivity index (χ1) is 18.5. The number of ether oxygens (including phenoxy) is 2. The maximum absolute atomic E-state index is 10.2. The summed E-state index contributed by atoms with van der Waals surface area (Å²) in [5.74, 6) is 1.85. The first-order valence-corrected chi connectivity index (χ1v) is 12.9. The van der Waals surface area contributed by atoms with Crippen LogP contribution in [0.25, 0.3) is 22.3 Å². The molecule has 0 bridgehead atoms. The van der Waals surface area contributed by atoms with E-state index in [-0.39, 0.29) is 5.75 Å². The Labute approximate surface area is 225 Å². The molecule has 0 atom stereocenters. The Bertz CT molecular complexity index is 1540. The van der Waals surface area contributed by atoms with E-state index in [0.29, 0.717) is 13.2 Å². The van der Waals surface area contributed by atoms with Crippen LogP contribution >= 0.6 is 0 Å². The molecule has 0 radical (unpaired) electrons. The van der Waals surface area contributed by atoms with Crippen molar-refractivity contribution in [3.63, 3.8) is 0 Å². The number of aryl methyl sites for hydroxylation is 3. The predicted molar refractivity (Wildman–Crippen MR) is 155 cm³/mol. The molecular formula is C35H32O3. The highest BCUT2D eigenvalue weighted by Gasteiger charge is 2.16. The van der Waals surface area contributed by atoms with Crippen molar-refractivity contribution in [2.45, 2.75) is 34.0 Å². The molecule has 3 heteroatoms. The lowest BCUT2D eigenvalue weighted by Gasteiger charge is -2.18. The number of phenolic OH excluding ortho intramolecular Hbond substituents is 1. The Morgan fingerprint density at radius 1 is 0.553 bits per heavy atom. The lowest BCUT2D eigenvalue weighted by atomic mass is 9.92. The van der Waals surface area contributed by atoms with Crippen LogP contribution in [0.3, 0.4) is 0 Å². The third-order valence-corrected chi connectivity index (χ3v) is 6.69. The lowest BCUT2D eigenvalue weighted by Crippen LogP contribution is -2.00. The highest BCUT2D eigenvalue weighted by molar-refractivity contribution is 5.81. The van der Waals surface area contributed by atoms with Gasteiger partial charge in [-0.3, -0.25) is 0 Å². The molecule has 0 fully saturated rings. The zero-order chi connectivity index (χ0) is 26.5. The van der Waals surface area contributed by atoms with Gasteiger partial charge in [0.1, 0.15) is 30.5 Å². The molecule has 0 saturated carbocycles. The van der Waals surface area contributed by atoms with Crippen LogP contribution in [0.1, 0.15) is 27.8 Å². The minimum atomic E-state index is 0.236. The topological polar surface area (TPSA) is 38.7 Å². The van der Waals surface area contributed by atoms with Crippen molar-refractivity contribution in [3.8, 4) is 39.5 Å². The molecule has 0 unspecified atom stereocenters. The molecule has 5 aromatic rings. The van der Waals surface area contributed by atoms with Crippen molar-refractivity contribution < 1.29 is 14.6 Å². The van der Waals surface area contributed by atoms with Gasteiger partial charge in [0, 0.05) is 5.56 Å². The van der Waals surface area contributed by atoms with E-state index in [0.717, 1.165) is 61.6 Å². The number of hydrogen-bond donors (Lipinski definition) is 1. The summed E-state index contributed by atoms with van der Waals surface area (Å²) in [5, 5.41) is 10.2. The quantitative estimate of drug-likeness (QED) is 0.231. The molecule has 5 aromatic carbocycles. The van der Waals surface area contributed by atoms with E-state index in [1.54, 1.807) is 12.1 Å². The number of hydrogen-bond acceptors (Lipinski definition) is 3. The Kier molecular flexibility index (Phi) is 7.46. The van der Waals surface area contributed by atoms with Gasteiger partial charge in [-0.2, -0.15) is 0 Å². The van der Waals surface area contributed by atoms with Crippen LogP contribution in [0.5, 0.6) is 17.2 Å². The molecule has 0 aliphatic carbocycles. The third kappa shape index (κ3) is 5.90. The molecule has 1 N–H and O–H groups in total. The average Bonchev–Trinajstić information content (AvgIpc) is 2.93. The Morgan fingerprint density at radius 2 is 1.21 bits per heavy atom. The van der Waals surface area contributed by atoms with Crippen LogP contribution in [-0.2, 0) is 13.2 Å². The van der Waals surface area contributed by atoms with Gasteiger partial charge >= 0.3 is 0 Å². The summed E-state index contributed by atoms with van der Waals surface area (Å²) < 4.78 is 12.6. The van der Waals surface area contributed by atoms with Gasteiger partial charge in [0.2, 0.25) is 0 Å². The summed E-state index contributed by atoms with van der Waals surface area (Å²) in [6, 6.07) is 36.4. The molecule has 0 spiro atoms. The van der Waals surface area contributed by atoms with Crippen molar-refractivity contribution in [1.29, 1.82) is 0 Å². The van der Waals surface area contributed by atoms with E-state index < -0.39 is 0 Å². The molecule has 0 aliphatic rings. The van der Waals surface area contributed by atoms with Gasteiger partial charge in [0.25, 0.3) is 0 Å². The van der Waals surface area contributed by atoms with Gasteiger partial charge in [0.15, 0.2) is 0 Å². The average molecular weight is 501 g/mol. The van der Waals surface area contributed by atoms with Crippen LogP contribution in [0.4, 0.5) is 0 Å². The van der Waals surface area contributed by atoms with Crippen LogP contribution in [-0.4, -0.2) is 5.11 Å². The standard InChI is InChI=1S/C35H32O3/c1-24-16-29(19-31(17-24)37-22-27-10-6-4-7-11-27)32-21-35(38-23-28-12-8-5-9-13-28)34(18-26(32)3)33-20-30(36)15-14-25(33)2/h4-21,36H,22-23H2,1-3H3. The van der Waals surface area contributed by atoms with E-state index in [4.69, 9.17) is 9.47 Å². The monoisotopic (exact) mass is 500 g/mol. The minimum absolute atomic E-state index is 0.236. The largest absolute Gasteiger partial charge is 0.508 e. The van der Waals surface area contributed by atoms with Gasteiger partial charge in [0.05, 0.1) is 0 Å². The van der Waals surface area contributed by atoms with Gasteiger partial charge in [-0.05, 0) is 102 Å². The lowest BCUT2D eigenvalue weighted by molar-refractivity contribution is 0.306. The summed E-state index contributed by atoms with van der Waals surface area (Å²) >= 11 is 0. The van der Waals surface area contributed by atoms with E-state index in [2.05, 4.69) is 75.4 Å². The number of benzene rings is 5. The fourth-order valence-corrected chi connectivity index (χ4v) is 4.69. The number of rotatable bonds is 8. The summed E-state index contributed by atoms with van der Waals surface area (Å²) in [5.41, 5.74) is 9.64. The van der Waals surface area contributed by atoms with Crippen LogP contribution in [0.2, 0.25) is 0 Å². The van der Waals surface area contributed by atoms with Gasteiger partial charge in [-0.25, -0.2) is 0 Å². The van der Waals surface area contributed by atoms with E-state index in [1.807, 2.05) is 42.5 Å². The molecule has 5 rings (SSSR count). The summed E-state index contributed by atoms with van der Waals surface area (Å²) in [6.45, 7) is 7.23. The van der Waals surface area contributed by atoms with Gasteiger partial charge in [-0.15, -0.1) is 0 Å². The SMILES string of the molecule is Cc1cc(OCc2ccccc2)cc(-c2cc(OCc3ccccc3)c(-c3cc(O)ccc3C)cc2C)c1. The van der Waals surface area contributed by atoms with Crippen LogP contribution in [0.15, 0.2) is 109 Å². The van der Waals surface area contributed by atoms with Gasteiger partial charge in [-0.1, -0.05) is 72.8 Å². The Balaban J connectivity index is 1.54. The molecule has 0 amide bonds. The van der Waals surface area contributed by atoms with E-state index >= 15 is 0 Å². The second-order valence-corrected chi connectivity index (χ2v) is 9.75. The highest BCUT2D eigenvalue weighted by Crippen LogP contribution is 2.40. The molecule has 0 aliphatic heterocycles. The van der Waals surface area contributed by atoms with Gasteiger partial charge < -0.3 is 14.6 Å². The van der Waals surface area contributed by atoms with Crippen molar-refractivity contribution in [1.82, 2.24) is 0 Å². The summed E-state index contributed by atoms with van der Waals surface area (Å²) in [6.07, 6.45) is 0. The van der Waals surface area contributed by atoms with Crippen LogP contribution in [0, 0.1) is 20.8 Å². The van der Waals surface area contributed by atoms with Crippen molar-refractivity contribution >= 4 is 0 Å². The van der Waals surface area contributed by atoms with E-state index in [1.165, 1.54) is 0 Å². The highest BCUT2D eigenvalue weighted by atomic mass is 16.5. The molecule has 0 aromatic heterocycles. The van der Waals surface area contributed by atoms with Crippen molar-refractivity contribution in [2.75, 3.05) is 0 Å². The predicted octanol–water partition coefficient (Wildman–Crippen LogP) is 8.81. The molecule has 0 heterocycles. The zero-order valence-electron chi connectivity index (χ0n) is 22.1. The second-order valence-electron chi connectivity index (χ2n) is 9.75. The molecule has 0 saturated heterocycles. The molecule has 38 heavy (non-hydrogen) atoms. The first-order valence-electron chi connectivity index (χ1n) is 12.9. The normalized spacial score (nSPS) is 10.8. The maximum atomic E-state index is 10.2. The van der Waals surface area contributed by atoms with Crippen LogP contribution < -0.4 is 9.47 Å². The molecule has 190 valence electrons. The van der Waals surface area contributed by atoms with Crippen molar-refractivity contribution in [2.24, 2.45) is 0 Å². The Hall–Kier alpha value is -4.50. The fraction of sp³-hybridized carbons (Fsp3) is 0.143. The first kappa shape index (κ1) is 25.2.